The molecule has 84 valence electrons. The Morgan fingerprint density at radius 1 is 1.38 bits per heavy atom. The minimum Gasteiger partial charge on any atom is -0.496 e. The summed E-state index contributed by atoms with van der Waals surface area (Å²) in [5.74, 6) is -0.183. The average Bonchev–Trinajstić information content (AvgIpc) is 2.26. The quantitative estimate of drug-likeness (QED) is 0.762. The van der Waals surface area contributed by atoms with Crippen LogP contribution in [0.3, 0.4) is 0 Å². The van der Waals surface area contributed by atoms with Gasteiger partial charge in [-0.15, -0.1) is 0 Å². The van der Waals surface area contributed by atoms with Gasteiger partial charge < -0.3 is 4.74 Å². The monoisotopic (exact) mass is 244 g/mol. The van der Waals surface area contributed by atoms with Crippen molar-refractivity contribution in [3.05, 3.63) is 30.2 Å². The molecule has 16 heavy (non-hydrogen) atoms. The van der Waals surface area contributed by atoms with Crippen LogP contribution in [0.4, 0.5) is 8.78 Å². The number of alkyl halides is 3. The maximum Gasteiger partial charge on any atom is 0.381 e. The number of methoxy groups -OCH3 is 1. The molecule has 2 rings (SSSR count). The van der Waals surface area contributed by atoms with Gasteiger partial charge in [-0.1, -0.05) is 6.07 Å². The Balaban J connectivity index is 2.64. The molecule has 0 bridgehead atoms. The van der Waals surface area contributed by atoms with E-state index in [2.05, 4.69) is 9.97 Å². The third kappa shape index (κ3) is 1.90. The first kappa shape index (κ1) is 11.0. The highest BCUT2D eigenvalue weighted by Gasteiger charge is 2.31. The fourth-order valence-corrected chi connectivity index (χ4v) is 1.43. The summed E-state index contributed by atoms with van der Waals surface area (Å²) >= 11 is 4.84. The van der Waals surface area contributed by atoms with Crippen LogP contribution in [0.5, 0.6) is 5.75 Å². The molecule has 0 aliphatic heterocycles. The first-order valence-corrected chi connectivity index (χ1v) is 4.77. The van der Waals surface area contributed by atoms with Crippen LogP contribution in [-0.2, 0) is 5.38 Å². The van der Waals surface area contributed by atoms with Crippen molar-refractivity contribution in [3.8, 4) is 5.75 Å². The van der Waals surface area contributed by atoms with Crippen LogP contribution in [-0.4, -0.2) is 17.1 Å². The molecule has 3 nitrogen and oxygen atoms in total. The van der Waals surface area contributed by atoms with Crippen LogP contribution < -0.4 is 4.74 Å². The number of fused-ring (bicyclic) bond motifs is 1. The molecular weight excluding hydrogens is 238 g/mol. The Morgan fingerprint density at radius 3 is 2.75 bits per heavy atom. The van der Waals surface area contributed by atoms with Gasteiger partial charge in [0.25, 0.3) is 0 Å². The van der Waals surface area contributed by atoms with Crippen LogP contribution in [0.1, 0.15) is 5.82 Å². The van der Waals surface area contributed by atoms with Crippen molar-refractivity contribution >= 4 is 22.5 Å². The van der Waals surface area contributed by atoms with Gasteiger partial charge in [0.15, 0.2) is 0 Å². The molecule has 1 aromatic heterocycles. The average molecular weight is 245 g/mol. The largest absolute Gasteiger partial charge is 0.496 e. The van der Waals surface area contributed by atoms with Gasteiger partial charge in [0, 0.05) is 6.20 Å². The molecule has 6 heteroatoms. The van der Waals surface area contributed by atoms with Crippen LogP contribution in [0.15, 0.2) is 24.4 Å². The summed E-state index contributed by atoms with van der Waals surface area (Å²) in [5, 5.41) is -2.99. The fraction of sp³-hybridized carbons (Fsp3) is 0.200. The summed E-state index contributed by atoms with van der Waals surface area (Å²) in [6.07, 6.45) is 1.27. The van der Waals surface area contributed by atoms with E-state index in [-0.39, 0.29) is 0 Å². The molecule has 0 saturated carbocycles. The molecule has 0 spiro atoms. The second kappa shape index (κ2) is 3.83. The van der Waals surface area contributed by atoms with Crippen molar-refractivity contribution in [2.24, 2.45) is 0 Å². The molecule has 0 fully saturated rings. The first-order valence-electron chi connectivity index (χ1n) is 4.39. The highest BCUT2D eigenvalue weighted by molar-refractivity contribution is 6.21. The Morgan fingerprint density at radius 2 is 2.12 bits per heavy atom. The second-order valence-corrected chi connectivity index (χ2v) is 3.56. The van der Waals surface area contributed by atoms with E-state index in [1.54, 1.807) is 18.2 Å². The third-order valence-corrected chi connectivity index (χ3v) is 2.23. The summed E-state index contributed by atoms with van der Waals surface area (Å²) < 4.78 is 30.6. The fourth-order valence-electron chi connectivity index (χ4n) is 1.34. The Hall–Kier alpha value is -1.49. The van der Waals surface area contributed by atoms with Gasteiger partial charge in [0.1, 0.15) is 5.75 Å². The minimum atomic E-state index is -3.56. The molecule has 0 unspecified atom stereocenters. The van der Waals surface area contributed by atoms with Gasteiger partial charge in [0.2, 0.25) is 5.82 Å². The molecule has 2 aromatic rings. The van der Waals surface area contributed by atoms with Crippen LogP contribution in [0.2, 0.25) is 0 Å². The maximum atomic E-state index is 12.8. The standard InChI is InChI=1S/C10H7ClF2N2O/c1-16-8-4-2-3-7-6(8)5-14-9(15-7)10(11,12)13/h2-5H,1H3. The number of benzene rings is 1. The summed E-state index contributed by atoms with van der Waals surface area (Å²) in [4.78, 5) is 7.20. The predicted molar refractivity (Wildman–Crippen MR) is 55.8 cm³/mol. The topological polar surface area (TPSA) is 35.0 Å². The molecule has 0 radical (unpaired) electrons. The van der Waals surface area contributed by atoms with Gasteiger partial charge in [-0.3, -0.25) is 0 Å². The number of halogens is 3. The first-order chi connectivity index (χ1) is 7.52. The van der Waals surface area contributed by atoms with Gasteiger partial charge in [-0.05, 0) is 23.7 Å². The highest BCUT2D eigenvalue weighted by Crippen LogP contribution is 2.31. The molecule has 1 aromatic carbocycles. The molecule has 0 aliphatic carbocycles. The number of nitrogens with zero attached hydrogens (tertiary/aromatic N) is 2. The number of hydrogen-bond acceptors (Lipinski definition) is 3. The highest BCUT2D eigenvalue weighted by atomic mass is 35.5. The normalized spacial score (nSPS) is 11.8. The van der Waals surface area contributed by atoms with Crippen molar-refractivity contribution in [2.75, 3.05) is 7.11 Å². The van der Waals surface area contributed by atoms with Crippen molar-refractivity contribution in [1.29, 1.82) is 0 Å². The van der Waals surface area contributed by atoms with Crippen molar-refractivity contribution < 1.29 is 13.5 Å². The maximum absolute atomic E-state index is 12.8. The molecule has 0 amide bonds. The Labute approximate surface area is 95.0 Å². The molecule has 0 saturated heterocycles. The predicted octanol–water partition coefficient (Wildman–Crippen LogP) is 2.93. The van der Waals surface area contributed by atoms with Gasteiger partial charge in [0.05, 0.1) is 18.0 Å². The van der Waals surface area contributed by atoms with Crippen molar-refractivity contribution in [3.63, 3.8) is 0 Å². The van der Waals surface area contributed by atoms with E-state index < -0.39 is 11.2 Å². The van der Waals surface area contributed by atoms with E-state index >= 15 is 0 Å². The zero-order chi connectivity index (χ0) is 11.8. The van der Waals surface area contributed by atoms with E-state index in [1.165, 1.54) is 13.3 Å². The summed E-state index contributed by atoms with van der Waals surface area (Å²) in [6, 6.07) is 4.94. The summed E-state index contributed by atoms with van der Waals surface area (Å²) in [7, 11) is 1.48. The zero-order valence-corrected chi connectivity index (χ0v) is 9.00. The minimum absolute atomic E-state index is 0.365. The van der Waals surface area contributed by atoms with Gasteiger partial charge >= 0.3 is 5.38 Å². The zero-order valence-electron chi connectivity index (χ0n) is 8.25. The van der Waals surface area contributed by atoms with Crippen molar-refractivity contribution in [2.45, 2.75) is 5.38 Å². The lowest BCUT2D eigenvalue weighted by Gasteiger charge is -2.08. The van der Waals surface area contributed by atoms with Gasteiger partial charge in [-0.2, -0.15) is 8.78 Å². The van der Waals surface area contributed by atoms with E-state index in [0.717, 1.165) is 0 Å². The Bertz CT molecular complexity index is 528. The molecule has 0 N–H and O–H groups in total. The van der Waals surface area contributed by atoms with Crippen LogP contribution in [0, 0.1) is 0 Å². The van der Waals surface area contributed by atoms with E-state index in [1.807, 2.05) is 0 Å². The molecule has 1 heterocycles. The lowest BCUT2D eigenvalue weighted by Crippen LogP contribution is -2.09. The number of aromatic nitrogens is 2. The van der Waals surface area contributed by atoms with Crippen LogP contribution in [0.25, 0.3) is 10.9 Å². The van der Waals surface area contributed by atoms with Crippen molar-refractivity contribution in [1.82, 2.24) is 9.97 Å². The van der Waals surface area contributed by atoms with E-state index in [4.69, 9.17) is 16.3 Å². The number of rotatable bonds is 2. The number of ether oxygens (including phenoxy) is 1. The summed E-state index contributed by atoms with van der Waals surface area (Å²) in [6.45, 7) is 0. The van der Waals surface area contributed by atoms with Gasteiger partial charge in [-0.25, -0.2) is 9.97 Å². The smallest absolute Gasteiger partial charge is 0.381 e. The van der Waals surface area contributed by atoms with Crippen LogP contribution >= 0.6 is 11.6 Å². The lowest BCUT2D eigenvalue weighted by atomic mass is 10.2. The third-order valence-electron chi connectivity index (χ3n) is 2.06. The summed E-state index contributed by atoms with van der Waals surface area (Å²) in [5.41, 5.74) is 0.365. The molecular formula is C10H7ClF2N2O. The molecule has 0 atom stereocenters. The lowest BCUT2D eigenvalue weighted by molar-refractivity contribution is 0.0849. The SMILES string of the molecule is COc1cccc2nc(C(F)(F)Cl)ncc12. The number of hydrogen-bond donors (Lipinski definition) is 0. The van der Waals surface area contributed by atoms with E-state index in [9.17, 15) is 8.78 Å². The molecule has 0 aliphatic rings. The van der Waals surface area contributed by atoms with E-state index in [0.29, 0.717) is 16.7 Å². The Kier molecular flexibility index (Phi) is 2.63. The second-order valence-electron chi connectivity index (χ2n) is 3.08.